The van der Waals surface area contributed by atoms with Crippen LogP contribution < -0.4 is 4.74 Å². The van der Waals surface area contributed by atoms with E-state index in [1.54, 1.807) is 24.3 Å². The molecule has 0 spiro atoms. The Hall–Kier alpha value is -3.00. The molecular weight excluding hydrogens is 350 g/mol. The van der Waals surface area contributed by atoms with E-state index in [1.165, 1.54) is 24.3 Å². The summed E-state index contributed by atoms with van der Waals surface area (Å²) in [6.07, 6.45) is 2.85. The van der Waals surface area contributed by atoms with E-state index in [4.69, 9.17) is 4.74 Å². The van der Waals surface area contributed by atoms with Gasteiger partial charge in [-0.2, -0.15) is 0 Å². The molecule has 0 bridgehead atoms. The Kier molecular flexibility index (Phi) is 5.97. The molecule has 0 amide bonds. The number of nitrogens with zero attached hydrogens (tertiary/aromatic N) is 3. The van der Waals surface area contributed by atoms with Crippen LogP contribution in [0.3, 0.4) is 0 Å². The van der Waals surface area contributed by atoms with Crippen LogP contribution in [-0.2, 0) is 6.42 Å². The van der Waals surface area contributed by atoms with Crippen LogP contribution in [0.2, 0.25) is 0 Å². The summed E-state index contributed by atoms with van der Waals surface area (Å²) in [6, 6.07) is 12.8. The highest BCUT2D eigenvalue weighted by molar-refractivity contribution is 5.36. The van der Waals surface area contributed by atoms with Crippen molar-refractivity contribution >= 4 is 11.4 Å². The Morgan fingerprint density at radius 2 is 1.56 bits per heavy atom. The minimum absolute atomic E-state index is 0.0516. The van der Waals surface area contributed by atoms with Gasteiger partial charge in [-0.15, -0.1) is 0 Å². The summed E-state index contributed by atoms with van der Waals surface area (Å²) in [5, 5.41) is 21.4. The molecular formula is C19H21N3O5. The predicted molar refractivity (Wildman–Crippen MR) is 100.0 cm³/mol. The maximum Gasteiger partial charge on any atom is 0.269 e. The molecule has 0 N–H and O–H groups in total. The number of non-ortho nitro benzene ring substituents is 2. The molecule has 0 aliphatic carbocycles. The Morgan fingerprint density at radius 3 is 2.15 bits per heavy atom. The molecule has 1 aliphatic rings. The zero-order chi connectivity index (χ0) is 19.2. The number of ether oxygens (including phenoxy) is 1. The predicted octanol–water partition coefficient (Wildman–Crippen LogP) is 3.59. The summed E-state index contributed by atoms with van der Waals surface area (Å²) in [6.45, 7) is 2.65. The maximum absolute atomic E-state index is 10.7. The van der Waals surface area contributed by atoms with Gasteiger partial charge in [0.2, 0.25) is 0 Å². The number of hydrogen-bond acceptors (Lipinski definition) is 6. The third-order valence-corrected chi connectivity index (χ3v) is 4.68. The summed E-state index contributed by atoms with van der Waals surface area (Å²) in [5.41, 5.74) is 1.23. The van der Waals surface area contributed by atoms with Crippen molar-refractivity contribution in [2.45, 2.75) is 25.4 Å². The quantitative estimate of drug-likeness (QED) is 0.545. The van der Waals surface area contributed by atoms with Gasteiger partial charge in [-0.3, -0.25) is 25.1 Å². The van der Waals surface area contributed by atoms with E-state index in [0.29, 0.717) is 5.75 Å². The van der Waals surface area contributed by atoms with Crippen molar-refractivity contribution in [3.05, 3.63) is 74.3 Å². The van der Waals surface area contributed by atoms with Crippen LogP contribution in [0.25, 0.3) is 0 Å². The van der Waals surface area contributed by atoms with Crippen molar-refractivity contribution in [1.82, 2.24) is 4.90 Å². The molecule has 1 unspecified atom stereocenters. The van der Waals surface area contributed by atoms with E-state index in [0.717, 1.165) is 44.5 Å². The standard InChI is InChI=1S/C19H21N3O5/c23-21(24)16-5-3-15(4-6-16)11-13-20-12-1-2-19(14-20)27-18-9-7-17(8-10-18)22(25)26/h3-10,19H,1-2,11-14H2. The second-order valence-corrected chi connectivity index (χ2v) is 6.61. The molecule has 3 rings (SSSR count). The van der Waals surface area contributed by atoms with Crippen molar-refractivity contribution < 1.29 is 14.6 Å². The number of hydrogen-bond donors (Lipinski definition) is 0. The van der Waals surface area contributed by atoms with Gasteiger partial charge >= 0.3 is 0 Å². The van der Waals surface area contributed by atoms with E-state index < -0.39 is 9.85 Å². The van der Waals surface area contributed by atoms with Crippen LogP contribution in [0, 0.1) is 20.2 Å². The smallest absolute Gasteiger partial charge is 0.269 e. The Morgan fingerprint density at radius 1 is 0.963 bits per heavy atom. The average molecular weight is 371 g/mol. The molecule has 8 nitrogen and oxygen atoms in total. The molecule has 1 saturated heterocycles. The monoisotopic (exact) mass is 371 g/mol. The molecule has 1 aliphatic heterocycles. The van der Waals surface area contributed by atoms with Crippen molar-refractivity contribution in [1.29, 1.82) is 0 Å². The SMILES string of the molecule is O=[N+]([O-])c1ccc(CCN2CCCC(Oc3ccc([N+](=O)[O-])cc3)C2)cc1. The van der Waals surface area contributed by atoms with E-state index in [-0.39, 0.29) is 17.5 Å². The van der Waals surface area contributed by atoms with Gasteiger partial charge in [0.25, 0.3) is 11.4 Å². The third kappa shape index (κ3) is 5.24. The van der Waals surface area contributed by atoms with Crippen molar-refractivity contribution in [3.8, 4) is 5.75 Å². The molecule has 1 atom stereocenters. The number of likely N-dealkylation sites (tertiary alicyclic amines) is 1. The molecule has 2 aromatic rings. The lowest BCUT2D eigenvalue weighted by atomic mass is 10.1. The number of nitro groups is 2. The molecule has 0 saturated carbocycles. The number of piperidine rings is 1. The Bertz CT molecular complexity index is 792. The maximum atomic E-state index is 10.7. The summed E-state index contributed by atoms with van der Waals surface area (Å²) in [7, 11) is 0. The summed E-state index contributed by atoms with van der Waals surface area (Å²) in [5.74, 6) is 0.641. The van der Waals surface area contributed by atoms with Gasteiger partial charge in [0.15, 0.2) is 0 Å². The number of rotatable bonds is 7. The van der Waals surface area contributed by atoms with Crippen LogP contribution in [0.5, 0.6) is 5.75 Å². The van der Waals surface area contributed by atoms with Crippen molar-refractivity contribution in [2.75, 3.05) is 19.6 Å². The molecule has 0 aromatic heterocycles. The zero-order valence-electron chi connectivity index (χ0n) is 14.8. The van der Waals surface area contributed by atoms with Gasteiger partial charge in [-0.05, 0) is 43.5 Å². The topological polar surface area (TPSA) is 98.8 Å². The minimum Gasteiger partial charge on any atom is -0.489 e. The molecule has 142 valence electrons. The molecule has 2 aromatic carbocycles. The first-order chi connectivity index (χ1) is 13.0. The van der Waals surface area contributed by atoms with E-state index in [1.807, 2.05) is 0 Å². The molecule has 8 heteroatoms. The molecule has 0 radical (unpaired) electrons. The number of nitro benzene ring substituents is 2. The first-order valence-electron chi connectivity index (χ1n) is 8.88. The summed E-state index contributed by atoms with van der Waals surface area (Å²) >= 11 is 0. The highest BCUT2D eigenvalue weighted by Crippen LogP contribution is 2.22. The van der Waals surface area contributed by atoms with Gasteiger partial charge < -0.3 is 4.74 Å². The lowest BCUT2D eigenvalue weighted by Gasteiger charge is -2.32. The second kappa shape index (κ2) is 8.59. The van der Waals surface area contributed by atoms with E-state index >= 15 is 0 Å². The van der Waals surface area contributed by atoms with Crippen LogP contribution in [-0.4, -0.2) is 40.5 Å². The third-order valence-electron chi connectivity index (χ3n) is 4.68. The minimum atomic E-state index is -0.426. The van der Waals surface area contributed by atoms with Crippen LogP contribution in [0.4, 0.5) is 11.4 Å². The fraction of sp³-hybridized carbons (Fsp3) is 0.368. The average Bonchev–Trinajstić information content (AvgIpc) is 2.67. The highest BCUT2D eigenvalue weighted by Gasteiger charge is 2.21. The second-order valence-electron chi connectivity index (χ2n) is 6.61. The molecule has 1 heterocycles. The van der Waals surface area contributed by atoms with E-state index in [2.05, 4.69) is 4.90 Å². The lowest BCUT2D eigenvalue weighted by Crippen LogP contribution is -2.42. The van der Waals surface area contributed by atoms with Gasteiger partial charge in [-0.25, -0.2) is 0 Å². The van der Waals surface area contributed by atoms with Crippen molar-refractivity contribution in [2.24, 2.45) is 0 Å². The number of benzene rings is 2. The Balaban J connectivity index is 1.50. The Labute approximate surface area is 156 Å². The molecule has 1 fully saturated rings. The van der Waals surface area contributed by atoms with Gasteiger partial charge in [0.1, 0.15) is 11.9 Å². The fourth-order valence-electron chi connectivity index (χ4n) is 3.22. The van der Waals surface area contributed by atoms with Gasteiger partial charge in [0.05, 0.1) is 9.85 Å². The first kappa shape index (κ1) is 18.8. The molecule has 27 heavy (non-hydrogen) atoms. The van der Waals surface area contributed by atoms with E-state index in [9.17, 15) is 20.2 Å². The van der Waals surface area contributed by atoms with Gasteiger partial charge in [0, 0.05) is 37.4 Å². The van der Waals surface area contributed by atoms with Crippen LogP contribution >= 0.6 is 0 Å². The fourth-order valence-corrected chi connectivity index (χ4v) is 3.22. The lowest BCUT2D eigenvalue weighted by molar-refractivity contribution is -0.385. The van der Waals surface area contributed by atoms with Crippen molar-refractivity contribution in [3.63, 3.8) is 0 Å². The summed E-state index contributed by atoms with van der Waals surface area (Å²) in [4.78, 5) is 22.9. The largest absolute Gasteiger partial charge is 0.489 e. The van der Waals surface area contributed by atoms with Gasteiger partial charge in [-0.1, -0.05) is 12.1 Å². The van der Waals surface area contributed by atoms with Crippen LogP contribution in [0.1, 0.15) is 18.4 Å². The van der Waals surface area contributed by atoms with Crippen LogP contribution in [0.15, 0.2) is 48.5 Å². The highest BCUT2D eigenvalue weighted by atomic mass is 16.6. The summed E-state index contributed by atoms with van der Waals surface area (Å²) < 4.78 is 5.98. The zero-order valence-corrected chi connectivity index (χ0v) is 14.8. The first-order valence-corrected chi connectivity index (χ1v) is 8.88. The normalized spacial score (nSPS) is 17.4.